The molecule has 214 valence electrons. The SMILES string of the molecule is CC(=O)OC[C@H]1O[C@@H](n2cnc3c(=S)[nH]c(NCCCCCCNC(C)=S)nc32)[C@@H](OC(C)=O)C1OC(C)=O. The van der Waals surface area contributed by atoms with Crippen LogP contribution in [0.4, 0.5) is 5.95 Å². The lowest BCUT2D eigenvalue weighted by Crippen LogP contribution is -2.40. The van der Waals surface area contributed by atoms with Crippen LogP contribution in [0.3, 0.4) is 0 Å². The van der Waals surface area contributed by atoms with Crippen LogP contribution in [-0.4, -0.2) is 80.4 Å². The van der Waals surface area contributed by atoms with E-state index in [2.05, 4.69) is 25.6 Å². The van der Waals surface area contributed by atoms with Crippen molar-refractivity contribution in [2.75, 3.05) is 25.0 Å². The van der Waals surface area contributed by atoms with Gasteiger partial charge in [-0.25, -0.2) is 4.98 Å². The summed E-state index contributed by atoms with van der Waals surface area (Å²) in [6.07, 6.45) is 1.56. The average Bonchev–Trinajstić information content (AvgIpc) is 3.40. The second-order valence-electron chi connectivity index (χ2n) is 9.08. The van der Waals surface area contributed by atoms with Crippen molar-refractivity contribution in [3.05, 3.63) is 11.0 Å². The van der Waals surface area contributed by atoms with Gasteiger partial charge in [0.15, 0.2) is 24.1 Å². The maximum absolute atomic E-state index is 12.0. The number of nitrogens with zero attached hydrogens (tertiary/aromatic N) is 3. The molecule has 2 aromatic heterocycles. The van der Waals surface area contributed by atoms with Crippen molar-refractivity contribution >= 4 is 64.4 Å². The highest BCUT2D eigenvalue weighted by Gasteiger charge is 2.51. The molecule has 15 heteroatoms. The summed E-state index contributed by atoms with van der Waals surface area (Å²) in [5.41, 5.74) is 0.786. The van der Waals surface area contributed by atoms with Crippen molar-refractivity contribution in [2.45, 2.75) is 77.9 Å². The molecule has 0 bridgehead atoms. The molecule has 1 aliphatic heterocycles. The average molecular weight is 583 g/mol. The van der Waals surface area contributed by atoms with Crippen LogP contribution in [0.5, 0.6) is 0 Å². The summed E-state index contributed by atoms with van der Waals surface area (Å²) >= 11 is 10.5. The Morgan fingerprint density at radius 2 is 1.69 bits per heavy atom. The fraction of sp³-hybridized carbons (Fsp3) is 0.625. The van der Waals surface area contributed by atoms with E-state index in [0.29, 0.717) is 28.3 Å². The molecule has 1 aliphatic rings. The number of rotatable bonds is 13. The van der Waals surface area contributed by atoms with E-state index in [1.54, 1.807) is 4.57 Å². The molecule has 0 radical (unpaired) electrons. The van der Waals surface area contributed by atoms with Gasteiger partial charge in [0.1, 0.15) is 22.9 Å². The Kier molecular flexibility index (Phi) is 11.1. The Morgan fingerprint density at radius 1 is 1.03 bits per heavy atom. The van der Waals surface area contributed by atoms with Crippen LogP contribution in [0.15, 0.2) is 6.33 Å². The van der Waals surface area contributed by atoms with Gasteiger partial charge < -0.3 is 34.6 Å². The van der Waals surface area contributed by atoms with Crippen molar-refractivity contribution in [3.63, 3.8) is 0 Å². The van der Waals surface area contributed by atoms with Gasteiger partial charge in [0.2, 0.25) is 5.95 Å². The first-order valence-electron chi connectivity index (χ1n) is 12.6. The lowest BCUT2D eigenvalue weighted by Gasteiger charge is -2.23. The molecule has 0 spiro atoms. The Bertz CT molecular complexity index is 1250. The van der Waals surface area contributed by atoms with Crippen molar-refractivity contribution in [1.29, 1.82) is 0 Å². The second-order valence-corrected chi connectivity index (χ2v) is 10.1. The maximum atomic E-state index is 12.0. The second kappa shape index (κ2) is 14.3. The molecule has 2 aromatic rings. The molecule has 3 N–H and O–H groups in total. The number of hydrogen-bond donors (Lipinski definition) is 3. The molecule has 3 rings (SSSR count). The van der Waals surface area contributed by atoms with Gasteiger partial charge in [0, 0.05) is 33.9 Å². The number of hydrogen-bond acceptors (Lipinski definition) is 12. The van der Waals surface area contributed by atoms with Crippen LogP contribution >= 0.6 is 24.4 Å². The van der Waals surface area contributed by atoms with E-state index in [1.165, 1.54) is 27.1 Å². The van der Waals surface area contributed by atoms with Crippen LogP contribution in [0.2, 0.25) is 0 Å². The van der Waals surface area contributed by atoms with E-state index in [-0.39, 0.29) is 6.61 Å². The molecule has 1 fully saturated rings. The fourth-order valence-corrected chi connectivity index (χ4v) is 4.53. The number of unbranched alkanes of at least 4 members (excludes halogenated alkanes) is 3. The molecule has 0 amide bonds. The summed E-state index contributed by atoms with van der Waals surface area (Å²) in [6.45, 7) is 6.91. The number of ether oxygens (including phenoxy) is 4. The number of thiocarbonyl (C=S) groups is 1. The molecular weight excluding hydrogens is 548 g/mol. The summed E-state index contributed by atoms with van der Waals surface area (Å²) in [4.78, 5) is 48.1. The van der Waals surface area contributed by atoms with Gasteiger partial charge in [-0.05, 0) is 19.8 Å². The first kappa shape index (κ1) is 30.4. The van der Waals surface area contributed by atoms with Crippen molar-refractivity contribution < 1.29 is 33.3 Å². The zero-order chi connectivity index (χ0) is 28.5. The minimum absolute atomic E-state index is 0.213. The van der Waals surface area contributed by atoms with Gasteiger partial charge in [-0.1, -0.05) is 37.3 Å². The van der Waals surface area contributed by atoms with Gasteiger partial charge in [-0.2, -0.15) is 4.98 Å². The van der Waals surface area contributed by atoms with Crippen molar-refractivity contribution in [1.82, 2.24) is 24.8 Å². The molecule has 0 saturated carbocycles. The molecule has 1 unspecified atom stereocenters. The Labute approximate surface area is 236 Å². The monoisotopic (exact) mass is 582 g/mol. The van der Waals surface area contributed by atoms with Crippen LogP contribution in [-0.2, 0) is 33.3 Å². The van der Waals surface area contributed by atoms with E-state index in [4.69, 9.17) is 43.4 Å². The van der Waals surface area contributed by atoms with E-state index >= 15 is 0 Å². The molecule has 39 heavy (non-hydrogen) atoms. The standard InChI is InChI=1S/C24H34N6O7S2/c1-13(38)25-9-7-5-6-8-10-26-24-28-21-18(22(39)29-24)27-12-30(21)23-20(36-16(4)33)19(35-15(3)32)17(37-23)11-34-14(2)31/h12,17,19-20,23H,5-11H2,1-4H3,(H,25,38)(H2,26,28,29,39)/t17-,19?,20+,23-/m1/s1. The number of carbonyl (C=O) groups excluding carboxylic acids is 3. The summed E-state index contributed by atoms with van der Waals surface area (Å²) in [6, 6.07) is 0. The van der Waals surface area contributed by atoms with Gasteiger partial charge in [-0.15, -0.1) is 0 Å². The maximum Gasteiger partial charge on any atom is 0.303 e. The zero-order valence-electron chi connectivity index (χ0n) is 22.4. The lowest BCUT2D eigenvalue weighted by molar-refractivity contribution is -0.166. The highest BCUT2D eigenvalue weighted by atomic mass is 32.1. The minimum atomic E-state index is -1.06. The predicted octanol–water partition coefficient (Wildman–Crippen LogP) is 2.72. The topological polar surface area (TPSA) is 159 Å². The lowest BCUT2D eigenvalue weighted by atomic mass is 10.1. The summed E-state index contributed by atoms with van der Waals surface area (Å²) in [5.74, 6) is -1.31. The summed E-state index contributed by atoms with van der Waals surface area (Å²) in [5, 5.41) is 6.40. The quantitative estimate of drug-likeness (QED) is 0.137. The van der Waals surface area contributed by atoms with Gasteiger partial charge in [0.05, 0.1) is 11.3 Å². The number of fused-ring (bicyclic) bond motifs is 1. The Balaban J connectivity index is 1.78. The van der Waals surface area contributed by atoms with Crippen LogP contribution in [0.25, 0.3) is 11.2 Å². The molecule has 0 aliphatic carbocycles. The van der Waals surface area contributed by atoms with Gasteiger partial charge in [-0.3, -0.25) is 19.0 Å². The van der Waals surface area contributed by atoms with E-state index in [9.17, 15) is 14.4 Å². The number of aromatic amines is 1. The first-order chi connectivity index (χ1) is 18.6. The number of aromatic nitrogens is 4. The fourth-order valence-electron chi connectivity index (χ4n) is 4.19. The molecule has 13 nitrogen and oxygen atoms in total. The van der Waals surface area contributed by atoms with Crippen LogP contribution in [0.1, 0.15) is 59.6 Å². The highest BCUT2D eigenvalue weighted by Crippen LogP contribution is 2.36. The predicted molar refractivity (Wildman–Crippen MR) is 148 cm³/mol. The molecular formula is C24H34N6O7S2. The normalized spacial score (nSPS) is 20.4. The third kappa shape index (κ3) is 8.66. The molecule has 3 heterocycles. The third-order valence-corrected chi connectivity index (χ3v) is 6.26. The number of nitrogens with one attached hydrogen (secondary N) is 3. The number of esters is 3. The van der Waals surface area contributed by atoms with Crippen LogP contribution < -0.4 is 10.6 Å². The summed E-state index contributed by atoms with van der Waals surface area (Å²) < 4.78 is 24.1. The van der Waals surface area contributed by atoms with Crippen molar-refractivity contribution in [3.8, 4) is 0 Å². The van der Waals surface area contributed by atoms with E-state index < -0.39 is 42.4 Å². The summed E-state index contributed by atoms with van der Waals surface area (Å²) in [7, 11) is 0. The number of H-pyrrole nitrogens is 1. The van der Waals surface area contributed by atoms with Crippen LogP contribution in [0, 0.1) is 4.64 Å². The number of anilines is 1. The zero-order valence-corrected chi connectivity index (χ0v) is 24.0. The minimum Gasteiger partial charge on any atom is -0.463 e. The molecule has 4 atom stereocenters. The smallest absolute Gasteiger partial charge is 0.303 e. The van der Waals surface area contributed by atoms with Crippen molar-refractivity contribution in [2.24, 2.45) is 0 Å². The number of imidazole rings is 1. The third-order valence-electron chi connectivity index (χ3n) is 5.82. The van der Waals surface area contributed by atoms with Gasteiger partial charge >= 0.3 is 17.9 Å². The van der Waals surface area contributed by atoms with E-state index in [0.717, 1.165) is 37.2 Å². The molecule has 0 aromatic carbocycles. The first-order valence-corrected chi connectivity index (χ1v) is 13.5. The van der Waals surface area contributed by atoms with Gasteiger partial charge in [0.25, 0.3) is 0 Å². The number of carbonyl (C=O) groups is 3. The van der Waals surface area contributed by atoms with E-state index in [1.807, 2.05) is 6.92 Å². The Hall–Kier alpha value is -3.17. The largest absolute Gasteiger partial charge is 0.463 e. The molecule has 1 saturated heterocycles. The highest BCUT2D eigenvalue weighted by molar-refractivity contribution is 7.80. The Morgan fingerprint density at radius 3 is 2.33 bits per heavy atom.